The molecule has 2 rings (SSSR count). The summed E-state index contributed by atoms with van der Waals surface area (Å²) < 4.78 is 5.06. The van der Waals surface area contributed by atoms with E-state index in [0.29, 0.717) is 19.6 Å². The molecule has 0 fully saturated rings. The van der Waals surface area contributed by atoms with Crippen LogP contribution in [0.5, 0.6) is 0 Å². The van der Waals surface area contributed by atoms with E-state index in [0.717, 1.165) is 12.1 Å². The Labute approximate surface area is 112 Å². The lowest BCUT2D eigenvalue weighted by molar-refractivity contribution is 0.147. The normalized spacial score (nSPS) is 10.1. The maximum atomic E-state index is 11.4. The zero-order valence-corrected chi connectivity index (χ0v) is 10.6. The van der Waals surface area contributed by atoms with Gasteiger partial charge in [-0.1, -0.05) is 30.3 Å². The molecular weight excluding hydrogens is 242 g/mol. The van der Waals surface area contributed by atoms with E-state index in [4.69, 9.17) is 4.74 Å². The van der Waals surface area contributed by atoms with Crippen LogP contribution in [-0.4, -0.2) is 29.2 Å². The lowest BCUT2D eigenvalue weighted by Crippen LogP contribution is -2.27. The van der Waals surface area contributed by atoms with Crippen molar-refractivity contribution in [3.8, 4) is 0 Å². The molecule has 0 radical (unpaired) electrons. The number of alkyl carbamates (subject to hydrolysis) is 1. The predicted octanol–water partition coefficient (Wildman–Crippen LogP) is 1.92. The zero-order valence-electron chi connectivity index (χ0n) is 10.6. The van der Waals surface area contributed by atoms with Gasteiger partial charge in [-0.25, -0.2) is 9.78 Å². The number of hydrogen-bond donors (Lipinski definition) is 2. The summed E-state index contributed by atoms with van der Waals surface area (Å²) in [6.45, 7) is 0.923. The van der Waals surface area contributed by atoms with Gasteiger partial charge in [0.1, 0.15) is 0 Å². The fourth-order valence-corrected chi connectivity index (χ4v) is 1.68. The van der Waals surface area contributed by atoms with Gasteiger partial charge < -0.3 is 15.0 Å². The summed E-state index contributed by atoms with van der Waals surface area (Å²) in [6, 6.07) is 10.0. The number of hydrogen-bond acceptors (Lipinski definition) is 3. The molecule has 1 heterocycles. The second-order valence-electron chi connectivity index (χ2n) is 4.13. The maximum Gasteiger partial charge on any atom is 0.407 e. The molecule has 100 valence electrons. The Morgan fingerprint density at radius 3 is 2.84 bits per heavy atom. The van der Waals surface area contributed by atoms with Crippen molar-refractivity contribution in [1.82, 2.24) is 15.3 Å². The molecular formula is C14H17N3O2. The van der Waals surface area contributed by atoms with Crippen molar-refractivity contribution >= 4 is 6.09 Å². The van der Waals surface area contributed by atoms with E-state index < -0.39 is 0 Å². The van der Waals surface area contributed by atoms with Crippen LogP contribution in [0.2, 0.25) is 0 Å². The standard InChI is InChI=1S/C14H17N3O2/c18-14(19-9-7-13-10-15-11-17-13)16-8-6-12-4-2-1-3-5-12/h1-5,10-11H,6-9H2,(H,15,17)(H,16,18). The van der Waals surface area contributed by atoms with E-state index in [1.54, 1.807) is 12.5 Å². The van der Waals surface area contributed by atoms with Crippen LogP contribution >= 0.6 is 0 Å². The van der Waals surface area contributed by atoms with E-state index in [1.165, 1.54) is 5.56 Å². The number of nitrogens with zero attached hydrogens (tertiary/aromatic N) is 1. The largest absolute Gasteiger partial charge is 0.449 e. The number of carbonyl (C=O) groups is 1. The molecule has 0 aliphatic heterocycles. The van der Waals surface area contributed by atoms with Crippen LogP contribution in [0, 0.1) is 0 Å². The Balaban J connectivity index is 1.57. The van der Waals surface area contributed by atoms with Crippen molar-refractivity contribution in [2.45, 2.75) is 12.8 Å². The smallest absolute Gasteiger partial charge is 0.407 e. The van der Waals surface area contributed by atoms with Crippen LogP contribution in [0.25, 0.3) is 0 Å². The first-order valence-electron chi connectivity index (χ1n) is 6.26. The van der Waals surface area contributed by atoms with Gasteiger partial charge in [-0.2, -0.15) is 0 Å². The van der Waals surface area contributed by atoms with Gasteiger partial charge in [0, 0.05) is 24.9 Å². The number of H-pyrrole nitrogens is 1. The Morgan fingerprint density at radius 2 is 2.11 bits per heavy atom. The van der Waals surface area contributed by atoms with E-state index in [9.17, 15) is 4.79 Å². The minimum atomic E-state index is -0.379. The average molecular weight is 259 g/mol. The minimum Gasteiger partial charge on any atom is -0.449 e. The molecule has 0 atom stereocenters. The third-order valence-electron chi connectivity index (χ3n) is 2.69. The molecule has 0 saturated heterocycles. The fourth-order valence-electron chi connectivity index (χ4n) is 1.68. The highest BCUT2D eigenvalue weighted by atomic mass is 16.5. The Bertz CT molecular complexity index is 483. The number of aromatic amines is 1. The number of carbonyl (C=O) groups excluding carboxylic acids is 1. The van der Waals surface area contributed by atoms with Crippen LogP contribution in [0.1, 0.15) is 11.3 Å². The lowest BCUT2D eigenvalue weighted by atomic mass is 10.1. The lowest BCUT2D eigenvalue weighted by Gasteiger charge is -2.06. The van der Waals surface area contributed by atoms with Crippen molar-refractivity contribution in [3.63, 3.8) is 0 Å². The first-order chi connectivity index (χ1) is 9.34. The first kappa shape index (κ1) is 13.1. The Kier molecular flexibility index (Phi) is 4.98. The quantitative estimate of drug-likeness (QED) is 0.833. The second-order valence-corrected chi connectivity index (χ2v) is 4.13. The number of imidazole rings is 1. The molecule has 0 spiro atoms. The molecule has 0 aliphatic carbocycles. The summed E-state index contributed by atoms with van der Waals surface area (Å²) >= 11 is 0. The highest BCUT2D eigenvalue weighted by molar-refractivity contribution is 5.67. The topological polar surface area (TPSA) is 67.0 Å². The van der Waals surface area contributed by atoms with Crippen LogP contribution in [-0.2, 0) is 17.6 Å². The molecule has 1 amide bonds. The number of ether oxygens (including phenoxy) is 1. The molecule has 1 aromatic carbocycles. The monoisotopic (exact) mass is 259 g/mol. The van der Waals surface area contributed by atoms with Crippen molar-refractivity contribution in [3.05, 3.63) is 54.1 Å². The van der Waals surface area contributed by atoms with Crippen LogP contribution in [0.3, 0.4) is 0 Å². The van der Waals surface area contributed by atoms with E-state index >= 15 is 0 Å². The third kappa shape index (κ3) is 4.83. The summed E-state index contributed by atoms with van der Waals surface area (Å²) in [4.78, 5) is 18.2. The van der Waals surface area contributed by atoms with Gasteiger partial charge in [0.15, 0.2) is 0 Å². The summed E-state index contributed by atoms with van der Waals surface area (Å²) in [6.07, 6.45) is 4.39. The molecule has 0 bridgehead atoms. The van der Waals surface area contributed by atoms with E-state index in [2.05, 4.69) is 15.3 Å². The Morgan fingerprint density at radius 1 is 1.26 bits per heavy atom. The number of benzene rings is 1. The van der Waals surface area contributed by atoms with Gasteiger partial charge in [0.25, 0.3) is 0 Å². The summed E-state index contributed by atoms with van der Waals surface area (Å²) in [7, 11) is 0. The summed E-state index contributed by atoms with van der Waals surface area (Å²) in [5, 5.41) is 2.72. The van der Waals surface area contributed by atoms with E-state index in [1.807, 2.05) is 30.3 Å². The highest BCUT2D eigenvalue weighted by Gasteiger charge is 2.02. The average Bonchev–Trinajstić information content (AvgIpc) is 2.93. The van der Waals surface area contributed by atoms with Crippen LogP contribution in [0.4, 0.5) is 4.79 Å². The molecule has 0 aliphatic rings. The van der Waals surface area contributed by atoms with Gasteiger partial charge in [-0.15, -0.1) is 0 Å². The van der Waals surface area contributed by atoms with Crippen molar-refractivity contribution in [2.24, 2.45) is 0 Å². The zero-order chi connectivity index (χ0) is 13.3. The second kappa shape index (κ2) is 7.20. The van der Waals surface area contributed by atoms with Gasteiger partial charge in [-0.3, -0.25) is 0 Å². The summed E-state index contributed by atoms with van der Waals surface area (Å²) in [5.41, 5.74) is 2.15. The van der Waals surface area contributed by atoms with Crippen molar-refractivity contribution in [2.75, 3.05) is 13.2 Å². The van der Waals surface area contributed by atoms with Gasteiger partial charge in [0.05, 0.1) is 12.9 Å². The van der Waals surface area contributed by atoms with Gasteiger partial charge >= 0.3 is 6.09 Å². The minimum absolute atomic E-state index is 0.347. The SMILES string of the molecule is O=C(NCCc1ccccc1)OCCc1cnc[nH]1. The van der Waals surface area contributed by atoms with Gasteiger partial charge in [-0.05, 0) is 12.0 Å². The maximum absolute atomic E-state index is 11.4. The molecule has 1 aromatic heterocycles. The third-order valence-corrected chi connectivity index (χ3v) is 2.69. The van der Waals surface area contributed by atoms with E-state index in [-0.39, 0.29) is 6.09 Å². The first-order valence-corrected chi connectivity index (χ1v) is 6.26. The van der Waals surface area contributed by atoms with Crippen molar-refractivity contribution < 1.29 is 9.53 Å². The predicted molar refractivity (Wildman–Crippen MR) is 71.8 cm³/mol. The Hall–Kier alpha value is -2.30. The summed E-state index contributed by atoms with van der Waals surface area (Å²) in [5.74, 6) is 0. The van der Waals surface area contributed by atoms with Crippen LogP contribution < -0.4 is 5.32 Å². The number of aromatic nitrogens is 2. The number of nitrogens with one attached hydrogen (secondary N) is 2. The van der Waals surface area contributed by atoms with Gasteiger partial charge in [0.2, 0.25) is 0 Å². The van der Waals surface area contributed by atoms with Crippen molar-refractivity contribution in [1.29, 1.82) is 0 Å². The molecule has 5 nitrogen and oxygen atoms in total. The molecule has 0 saturated carbocycles. The number of rotatable bonds is 6. The molecule has 2 aromatic rings. The van der Waals surface area contributed by atoms with Crippen LogP contribution in [0.15, 0.2) is 42.9 Å². The molecule has 5 heteroatoms. The molecule has 2 N–H and O–H groups in total. The highest BCUT2D eigenvalue weighted by Crippen LogP contribution is 1.98. The molecule has 19 heavy (non-hydrogen) atoms. The fraction of sp³-hybridized carbons (Fsp3) is 0.286. The number of amides is 1. The molecule has 0 unspecified atom stereocenters.